The zero-order valence-electron chi connectivity index (χ0n) is 11.0. The molecule has 0 spiro atoms. The first-order valence-corrected chi connectivity index (χ1v) is 6.22. The second-order valence-corrected chi connectivity index (χ2v) is 4.75. The first kappa shape index (κ1) is 15.1. The lowest BCUT2D eigenvalue weighted by Gasteiger charge is -2.09. The van der Waals surface area contributed by atoms with Crippen molar-refractivity contribution in [1.82, 2.24) is 5.32 Å². The first-order chi connectivity index (χ1) is 8.58. The van der Waals surface area contributed by atoms with Gasteiger partial charge in [0.15, 0.2) is 0 Å². The molecule has 18 heavy (non-hydrogen) atoms. The van der Waals surface area contributed by atoms with E-state index in [0.29, 0.717) is 5.92 Å². The molecule has 0 aliphatic carbocycles. The molecule has 0 unspecified atom stereocenters. The van der Waals surface area contributed by atoms with Crippen molar-refractivity contribution in [3.63, 3.8) is 0 Å². The maximum absolute atomic E-state index is 11.9. The van der Waals surface area contributed by atoms with Crippen LogP contribution in [0, 0.1) is 5.92 Å². The SMILES string of the molecule is CC(C)CNCc1cccc(COCC(F)F)c1. The Morgan fingerprint density at radius 1 is 1.22 bits per heavy atom. The lowest BCUT2D eigenvalue weighted by atomic mass is 10.1. The van der Waals surface area contributed by atoms with Crippen LogP contribution >= 0.6 is 0 Å². The number of hydrogen-bond acceptors (Lipinski definition) is 2. The number of rotatable bonds is 8. The van der Waals surface area contributed by atoms with Crippen LogP contribution in [0.15, 0.2) is 24.3 Å². The van der Waals surface area contributed by atoms with Crippen LogP contribution in [0.2, 0.25) is 0 Å². The van der Waals surface area contributed by atoms with Crippen LogP contribution < -0.4 is 5.32 Å². The Balaban J connectivity index is 2.36. The summed E-state index contributed by atoms with van der Waals surface area (Å²) in [5.74, 6) is 0.613. The summed E-state index contributed by atoms with van der Waals surface area (Å²) in [7, 11) is 0. The van der Waals surface area contributed by atoms with Crippen molar-refractivity contribution in [2.45, 2.75) is 33.4 Å². The van der Waals surface area contributed by atoms with E-state index in [-0.39, 0.29) is 6.61 Å². The topological polar surface area (TPSA) is 21.3 Å². The average molecular weight is 257 g/mol. The monoisotopic (exact) mass is 257 g/mol. The summed E-state index contributed by atoms with van der Waals surface area (Å²) in [5.41, 5.74) is 2.08. The number of alkyl halides is 2. The number of nitrogens with one attached hydrogen (secondary N) is 1. The van der Waals surface area contributed by atoms with E-state index in [1.807, 2.05) is 24.3 Å². The third-order valence-electron chi connectivity index (χ3n) is 2.39. The van der Waals surface area contributed by atoms with Gasteiger partial charge in [-0.3, -0.25) is 0 Å². The summed E-state index contributed by atoms with van der Waals surface area (Å²) in [6, 6.07) is 7.81. The number of hydrogen-bond donors (Lipinski definition) is 1. The van der Waals surface area contributed by atoms with Crippen LogP contribution in [0.25, 0.3) is 0 Å². The van der Waals surface area contributed by atoms with Gasteiger partial charge < -0.3 is 10.1 Å². The second kappa shape index (κ2) is 8.16. The highest BCUT2D eigenvalue weighted by molar-refractivity contribution is 5.22. The van der Waals surface area contributed by atoms with E-state index >= 15 is 0 Å². The molecular weight excluding hydrogens is 236 g/mol. The average Bonchev–Trinajstić information content (AvgIpc) is 2.28. The minimum absolute atomic E-state index is 0.238. The summed E-state index contributed by atoms with van der Waals surface area (Å²) in [6.45, 7) is 5.80. The number of benzene rings is 1. The molecule has 0 aromatic heterocycles. The first-order valence-electron chi connectivity index (χ1n) is 6.22. The molecule has 0 aliphatic rings. The summed E-state index contributed by atoms with van der Waals surface area (Å²) in [6.07, 6.45) is -2.40. The van der Waals surface area contributed by atoms with E-state index in [2.05, 4.69) is 19.2 Å². The van der Waals surface area contributed by atoms with Gasteiger partial charge in [0.2, 0.25) is 0 Å². The van der Waals surface area contributed by atoms with Gasteiger partial charge in [0.05, 0.1) is 6.61 Å². The van der Waals surface area contributed by atoms with Crippen molar-refractivity contribution in [1.29, 1.82) is 0 Å². The Morgan fingerprint density at radius 3 is 2.61 bits per heavy atom. The molecule has 0 heterocycles. The molecule has 0 fully saturated rings. The molecule has 4 heteroatoms. The Hall–Kier alpha value is -1.00. The van der Waals surface area contributed by atoms with Crippen molar-refractivity contribution < 1.29 is 13.5 Å². The minimum Gasteiger partial charge on any atom is -0.371 e. The van der Waals surface area contributed by atoms with Gasteiger partial charge in [0, 0.05) is 6.54 Å². The van der Waals surface area contributed by atoms with Gasteiger partial charge in [-0.1, -0.05) is 38.1 Å². The highest BCUT2D eigenvalue weighted by Gasteiger charge is 2.02. The normalized spacial score (nSPS) is 11.4. The quantitative estimate of drug-likeness (QED) is 0.772. The minimum atomic E-state index is -2.40. The Morgan fingerprint density at radius 2 is 1.94 bits per heavy atom. The molecule has 0 atom stereocenters. The van der Waals surface area contributed by atoms with Crippen LogP contribution in [0.3, 0.4) is 0 Å². The maximum Gasteiger partial charge on any atom is 0.261 e. The van der Waals surface area contributed by atoms with Crippen molar-refractivity contribution in [3.8, 4) is 0 Å². The fraction of sp³-hybridized carbons (Fsp3) is 0.571. The number of ether oxygens (including phenoxy) is 1. The van der Waals surface area contributed by atoms with Crippen LogP contribution in [0.5, 0.6) is 0 Å². The molecule has 2 nitrogen and oxygen atoms in total. The molecule has 0 amide bonds. The maximum atomic E-state index is 11.9. The van der Waals surface area contributed by atoms with Crippen molar-refractivity contribution in [2.24, 2.45) is 5.92 Å². The molecule has 1 aromatic rings. The summed E-state index contributed by atoms with van der Waals surface area (Å²) >= 11 is 0. The van der Waals surface area contributed by atoms with E-state index in [1.165, 1.54) is 0 Å². The van der Waals surface area contributed by atoms with Gasteiger partial charge in [0.1, 0.15) is 6.61 Å². The molecule has 1 N–H and O–H groups in total. The fourth-order valence-corrected chi connectivity index (χ4v) is 1.60. The molecular formula is C14H21F2NO. The van der Waals surface area contributed by atoms with E-state index in [1.54, 1.807) is 0 Å². The lowest BCUT2D eigenvalue weighted by molar-refractivity contribution is 0.00986. The van der Waals surface area contributed by atoms with E-state index < -0.39 is 13.0 Å². The standard InChI is InChI=1S/C14H21F2NO/c1-11(2)7-17-8-12-4-3-5-13(6-12)9-18-10-14(15)16/h3-6,11,14,17H,7-10H2,1-2H3. The summed E-state index contributed by atoms with van der Waals surface area (Å²) in [5, 5.41) is 3.34. The predicted molar refractivity (Wildman–Crippen MR) is 68.6 cm³/mol. The van der Waals surface area contributed by atoms with E-state index in [4.69, 9.17) is 4.74 Å². The third-order valence-corrected chi connectivity index (χ3v) is 2.39. The van der Waals surface area contributed by atoms with Gasteiger partial charge in [-0.2, -0.15) is 0 Å². The van der Waals surface area contributed by atoms with Gasteiger partial charge in [-0.15, -0.1) is 0 Å². The molecule has 0 aliphatic heterocycles. The van der Waals surface area contributed by atoms with Gasteiger partial charge in [-0.05, 0) is 23.6 Å². The van der Waals surface area contributed by atoms with Crippen LogP contribution in [-0.2, 0) is 17.9 Å². The third kappa shape index (κ3) is 6.67. The fourth-order valence-electron chi connectivity index (χ4n) is 1.60. The smallest absolute Gasteiger partial charge is 0.261 e. The summed E-state index contributed by atoms with van der Waals surface area (Å²) < 4.78 is 28.8. The Labute approximate surface area is 107 Å². The Bertz CT molecular complexity index is 313. The van der Waals surface area contributed by atoms with Crippen molar-refractivity contribution >= 4 is 0 Å². The second-order valence-electron chi connectivity index (χ2n) is 4.75. The van der Waals surface area contributed by atoms with E-state index in [0.717, 1.165) is 24.2 Å². The molecule has 1 rings (SSSR count). The van der Waals surface area contributed by atoms with Crippen LogP contribution in [-0.4, -0.2) is 19.6 Å². The predicted octanol–water partition coefficient (Wildman–Crippen LogP) is 3.21. The highest BCUT2D eigenvalue weighted by Crippen LogP contribution is 2.07. The van der Waals surface area contributed by atoms with Crippen molar-refractivity contribution in [3.05, 3.63) is 35.4 Å². The molecule has 0 bridgehead atoms. The molecule has 1 aromatic carbocycles. The Kier molecular flexibility index (Phi) is 6.83. The molecule has 102 valence electrons. The summed E-state index contributed by atoms with van der Waals surface area (Å²) in [4.78, 5) is 0. The molecule has 0 saturated heterocycles. The zero-order chi connectivity index (χ0) is 13.4. The largest absolute Gasteiger partial charge is 0.371 e. The number of halogens is 2. The van der Waals surface area contributed by atoms with Crippen LogP contribution in [0.1, 0.15) is 25.0 Å². The lowest BCUT2D eigenvalue weighted by Crippen LogP contribution is -2.19. The van der Waals surface area contributed by atoms with E-state index in [9.17, 15) is 8.78 Å². The van der Waals surface area contributed by atoms with Crippen molar-refractivity contribution in [2.75, 3.05) is 13.2 Å². The molecule has 0 saturated carbocycles. The highest BCUT2D eigenvalue weighted by atomic mass is 19.3. The molecule has 0 radical (unpaired) electrons. The van der Waals surface area contributed by atoms with Gasteiger partial charge >= 0.3 is 0 Å². The zero-order valence-corrected chi connectivity index (χ0v) is 11.0. The van der Waals surface area contributed by atoms with Gasteiger partial charge in [0.25, 0.3) is 6.43 Å². The van der Waals surface area contributed by atoms with Gasteiger partial charge in [-0.25, -0.2) is 8.78 Å². The van der Waals surface area contributed by atoms with Crippen LogP contribution in [0.4, 0.5) is 8.78 Å².